The van der Waals surface area contributed by atoms with Crippen LogP contribution in [0.25, 0.3) is 0 Å². The molecule has 0 aliphatic carbocycles. The number of rotatable bonds is 6. The summed E-state index contributed by atoms with van der Waals surface area (Å²) in [4.78, 5) is 26.5. The first kappa shape index (κ1) is 21.3. The Morgan fingerprint density at radius 3 is 2.86 bits per heavy atom. The lowest BCUT2D eigenvalue weighted by Crippen LogP contribution is -2.34. The number of hydrogen-bond donors (Lipinski definition) is 2. The summed E-state index contributed by atoms with van der Waals surface area (Å²) >= 11 is 0. The van der Waals surface area contributed by atoms with Gasteiger partial charge in [-0.05, 0) is 23.1 Å². The molecular weight excluding hydrogens is 390 g/mol. The van der Waals surface area contributed by atoms with E-state index >= 15 is 0 Å². The Labute approximate surface area is 177 Å². The average Bonchev–Trinajstić information content (AvgIpc) is 3.42. The molecule has 0 radical (unpaired) electrons. The van der Waals surface area contributed by atoms with Crippen molar-refractivity contribution in [3.8, 4) is 0 Å². The van der Waals surface area contributed by atoms with Gasteiger partial charge in [0.2, 0.25) is 11.8 Å². The Kier molecular flexibility index (Phi) is 6.92. The molecule has 3 heterocycles. The number of amides is 2. The molecule has 1 aromatic carbocycles. The van der Waals surface area contributed by atoms with Crippen LogP contribution < -0.4 is 10.6 Å². The van der Waals surface area contributed by atoms with E-state index in [9.17, 15) is 9.59 Å². The van der Waals surface area contributed by atoms with Crippen LogP contribution in [0, 0.1) is 5.92 Å². The predicted octanol–water partition coefficient (Wildman–Crippen LogP) is 1.58. The number of carbonyl (C=O) groups excluding carboxylic acids is 2. The van der Waals surface area contributed by atoms with Crippen LogP contribution in [-0.2, 0) is 29.7 Å². The summed E-state index contributed by atoms with van der Waals surface area (Å²) in [7, 11) is 1.89. The fraction of sp³-hybridized carbons (Fsp3) is 0.476. The molecule has 1 aromatic heterocycles. The maximum absolute atomic E-state index is 12.8. The Bertz CT molecular complexity index is 868. The second-order valence-electron chi connectivity index (χ2n) is 7.78. The van der Waals surface area contributed by atoms with E-state index in [2.05, 4.69) is 21.8 Å². The lowest BCUT2D eigenvalue weighted by Gasteiger charge is -2.18. The molecule has 2 aromatic rings. The molecule has 8 heteroatoms. The number of halogens is 1. The summed E-state index contributed by atoms with van der Waals surface area (Å²) in [6.07, 6.45) is 5.44. The molecule has 2 aliphatic heterocycles. The molecule has 2 atom stereocenters. The third-order valence-corrected chi connectivity index (χ3v) is 5.71. The maximum atomic E-state index is 12.8. The molecule has 0 spiro atoms. The highest BCUT2D eigenvalue weighted by atomic mass is 35.5. The van der Waals surface area contributed by atoms with Gasteiger partial charge in [-0.2, -0.15) is 5.10 Å². The van der Waals surface area contributed by atoms with Crippen LogP contribution >= 0.6 is 12.4 Å². The van der Waals surface area contributed by atoms with Crippen molar-refractivity contribution in [3.05, 3.63) is 53.3 Å². The van der Waals surface area contributed by atoms with Gasteiger partial charge in [0.25, 0.3) is 0 Å². The Morgan fingerprint density at radius 1 is 1.31 bits per heavy atom. The minimum Gasteiger partial charge on any atom is -0.352 e. The van der Waals surface area contributed by atoms with E-state index in [0.29, 0.717) is 26.1 Å². The maximum Gasteiger partial charge on any atom is 0.225 e. The fourth-order valence-electron chi connectivity index (χ4n) is 4.19. The molecule has 2 fully saturated rings. The van der Waals surface area contributed by atoms with Gasteiger partial charge in [0.1, 0.15) is 0 Å². The van der Waals surface area contributed by atoms with Gasteiger partial charge in [0.15, 0.2) is 0 Å². The second-order valence-corrected chi connectivity index (χ2v) is 7.78. The smallest absolute Gasteiger partial charge is 0.225 e. The van der Waals surface area contributed by atoms with Crippen LogP contribution in [0.2, 0.25) is 0 Å². The fourth-order valence-corrected chi connectivity index (χ4v) is 4.19. The number of hydrogen-bond acceptors (Lipinski definition) is 4. The molecule has 2 saturated heterocycles. The average molecular weight is 418 g/mol. The van der Waals surface area contributed by atoms with Gasteiger partial charge >= 0.3 is 0 Å². The van der Waals surface area contributed by atoms with Crippen molar-refractivity contribution in [2.45, 2.75) is 31.8 Å². The molecule has 29 heavy (non-hydrogen) atoms. The van der Waals surface area contributed by atoms with Crippen LogP contribution in [-0.4, -0.2) is 46.1 Å². The number of nitrogens with one attached hydrogen (secondary N) is 2. The van der Waals surface area contributed by atoms with Crippen LogP contribution in [0.15, 0.2) is 36.7 Å². The normalized spacial score (nSPS) is 21.3. The topological polar surface area (TPSA) is 79.3 Å². The molecule has 0 unspecified atom stereocenters. The highest BCUT2D eigenvalue weighted by Crippen LogP contribution is 2.28. The number of aromatic nitrogens is 2. The summed E-state index contributed by atoms with van der Waals surface area (Å²) in [5.41, 5.74) is 3.27. The third-order valence-electron chi connectivity index (χ3n) is 5.71. The van der Waals surface area contributed by atoms with Crippen LogP contribution in [0.1, 0.15) is 35.4 Å². The van der Waals surface area contributed by atoms with E-state index in [4.69, 9.17) is 0 Å². The van der Waals surface area contributed by atoms with Crippen molar-refractivity contribution in [1.82, 2.24) is 25.3 Å². The summed E-state index contributed by atoms with van der Waals surface area (Å²) in [5.74, 6) is 0.365. The van der Waals surface area contributed by atoms with Gasteiger partial charge in [0, 0.05) is 58.3 Å². The first-order valence-corrected chi connectivity index (χ1v) is 9.93. The molecule has 2 N–H and O–H groups in total. The Balaban J connectivity index is 0.00000240. The van der Waals surface area contributed by atoms with Gasteiger partial charge < -0.3 is 15.5 Å². The van der Waals surface area contributed by atoms with Crippen LogP contribution in [0.5, 0.6) is 0 Å². The monoisotopic (exact) mass is 417 g/mol. The number of aryl methyl sites for hydroxylation is 1. The Morgan fingerprint density at radius 2 is 2.14 bits per heavy atom. The molecule has 0 saturated carbocycles. The minimum absolute atomic E-state index is 0. The Hall–Kier alpha value is -2.38. The van der Waals surface area contributed by atoms with E-state index in [-0.39, 0.29) is 36.1 Å². The third kappa shape index (κ3) is 4.97. The van der Waals surface area contributed by atoms with Crippen molar-refractivity contribution >= 4 is 24.2 Å². The number of nitrogens with zero attached hydrogens (tertiary/aromatic N) is 3. The van der Waals surface area contributed by atoms with Gasteiger partial charge in [-0.25, -0.2) is 0 Å². The number of carbonyl (C=O) groups is 2. The van der Waals surface area contributed by atoms with E-state index in [0.717, 1.165) is 36.2 Å². The lowest BCUT2D eigenvalue weighted by molar-refractivity contribution is -0.128. The zero-order valence-corrected chi connectivity index (χ0v) is 17.5. The van der Waals surface area contributed by atoms with Crippen molar-refractivity contribution < 1.29 is 9.59 Å². The highest BCUT2D eigenvalue weighted by molar-refractivity contribution is 5.85. The van der Waals surface area contributed by atoms with Crippen molar-refractivity contribution in [3.63, 3.8) is 0 Å². The quantitative estimate of drug-likeness (QED) is 0.748. The standard InChI is InChI=1S/C21H27N5O2.ClH/c1-25-14-17(10-24-25)18-11-22-12-19(18)21(28)23-9-15-4-2-5-16(8-15)13-26-7-3-6-20(26)27;/h2,4-5,8,10,14,18-19,22H,3,6-7,9,11-13H2,1H3,(H,23,28);1H/t18-,19+;/m1./s1. The van der Waals surface area contributed by atoms with E-state index in [1.54, 1.807) is 4.68 Å². The van der Waals surface area contributed by atoms with Gasteiger partial charge in [-0.1, -0.05) is 24.3 Å². The molecule has 2 amide bonds. The highest BCUT2D eigenvalue weighted by Gasteiger charge is 2.34. The van der Waals surface area contributed by atoms with Gasteiger partial charge in [-0.3, -0.25) is 14.3 Å². The molecule has 156 valence electrons. The summed E-state index contributed by atoms with van der Waals surface area (Å²) in [6, 6.07) is 8.13. The number of likely N-dealkylation sites (tertiary alicyclic amines) is 1. The second kappa shape index (κ2) is 9.41. The summed E-state index contributed by atoms with van der Waals surface area (Å²) in [5, 5.41) is 10.7. The van der Waals surface area contributed by atoms with Gasteiger partial charge in [-0.15, -0.1) is 12.4 Å². The summed E-state index contributed by atoms with van der Waals surface area (Å²) < 4.78 is 1.78. The first-order chi connectivity index (χ1) is 13.6. The summed E-state index contributed by atoms with van der Waals surface area (Å²) in [6.45, 7) is 3.46. The van der Waals surface area contributed by atoms with Gasteiger partial charge in [0.05, 0.1) is 12.1 Å². The molecule has 0 bridgehead atoms. The number of benzene rings is 1. The lowest BCUT2D eigenvalue weighted by atomic mass is 9.90. The van der Waals surface area contributed by atoms with Crippen LogP contribution in [0.3, 0.4) is 0 Å². The van der Waals surface area contributed by atoms with Crippen molar-refractivity contribution in [1.29, 1.82) is 0 Å². The zero-order chi connectivity index (χ0) is 19.5. The largest absolute Gasteiger partial charge is 0.352 e. The van der Waals surface area contributed by atoms with Crippen molar-refractivity contribution in [2.75, 3.05) is 19.6 Å². The molecule has 4 rings (SSSR count). The molecule has 2 aliphatic rings. The van der Waals surface area contributed by atoms with E-state index in [1.807, 2.05) is 42.5 Å². The minimum atomic E-state index is -0.0883. The first-order valence-electron chi connectivity index (χ1n) is 9.93. The zero-order valence-electron chi connectivity index (χ0n) is 16.6. The SMILES string of the molecule is Cl.Cn1cc([C@H]2CNC[C@@H]2C(=O)NCc2cccc(CN3CCCC3=O)c2)cn1. The van der Waals surface area contributed by atoms with E-state index < -0.39 is 0 Å². The van der Waals surface area contributed by atoms with Crippen molar-refractivity contribution in [2.24, 2.45) is 13.0 Å². The van der Waals surface area contributed by atoms with Crippen LogP contribution in [0.4, 0.5) is 0 Å². The molecular formula is C21H28ClN5O2. The predicted molar refractivity (Wildman–Crippen MR) is 112 cm³/mol. The molecule has 7 nitrogen and oxygen atoms in total. The van der Waals surface area contributed by atoms with E-state index in [1.165, 1.54) is 0 Å².